The Labute approximate surface area is 148 Å². The molecule has 1 fully saturated rings. The van der Waals surface area contributed by atoms with Gasteiger partial charge >= 0.3 is 0 Å². The van der Waals surface area contributed by atoms with E-state index in [1.165, 1.54) is 0 Å². The number of carbonyl (C=O) groups is 1. The molecule has 2 aromatic rings. The number of aromatic nitrogens is 3. The molecule has 0 N–H and O–H groups in total. The summed E-state index contributed by atoms with van der Waals surface area (Å²) in [5.74, 6) is 1.80. The average molecular weight is 342 g/mol. The molecule has 25 heavy (non-hydrogen) atoms. The second-order valence-electron chi connectivity index (χ2n) is 7.88. The highest BCUT2D eigenvalue weighted by atomic mass is 16.5. The minimum absolute atomic E-state index is 0.117. The molecular weight excluding hydrogens is 316 g/mol. The topological polar surface area (TPSA) is 72.1 Å². The van der Waals surface area contributed by atoms with Gasteiger partial charge in [-0.1, -0.05) is 25.9 Å². The van der Waals surface area contributed by atoms with Crippen LogP contribution in [0.3, 0.4) is 0 Å². The van der Waals surface area contributed by atoms with E-state index >= 15 is 0 Å². The van der Waals surface area contributed by atoms with Gasteiger partial charge in [0, 0.05) is 43.6 Å². The summed E-state index contributed by atoms with van der Waals surface area (Å²) in [6, 6.07) is 1.91. The van der Waals surface area contributed by atoms with Crippen molar-refractivity contribution in [3.8, 4) is 11.3 Å². The fourth-order valence-electron chi connectivity index (χ4n) is 3.23. The lowest BCUT2D eigenvalue weighted by Crippen LogP contribution is -2.38. The Morgan fingerprint density at radius 1 is 1.36 bits per heavy atom. The van der Waals surface area contributed by atoms with Crippen molar-refractivity contribution in [1.82, 2.24) is 20.0 Å². The van der Waals surface area contributed by atoms with Gasteiger partial charge in [0.25, 0.3) is 0 Å². The first-order chi connectivity index (χ1) is 11.8. The number of likely N-dealkylation sites (tertiary alicyclic amines) is 1. The van der Waals surface area contributed by atoms with Gasteiger partial charge in [0.1, 0.15) is 5.82 Å². The Balaban J connectivity index is 2.06. The van der Waals surface area contributed by atoms with Crippen LogP contribution in [-0.4, -0.2) is 39.0 Å². The molecule has 6 nitrogen and oxygen atoms in total. The van der Waals surface area contributed by atoms with Crippen LogP contribution in [0.25, 0.3) is 11.3 Å². The third-order valence-electron chi connectivity index (χ3n) is 4.64. The van der Waals surface area contributed by atoms with Crippen molar-refractivity contribution in [2.45, 2.75) is 58.8 Å². The van der Waals surface area contributed by atoms with Crippen molar-refractivity contribution >= 4 is 5.91 Å². The zero-order chi connectivity index (χ0) is 18.2. The molecule has 6 heteroatoms. The van der Waals surface area contributed by atoms with Gasteiger partial charge in [-0.2, -0.15) is 0 Å². The number of rotatable bonds is 2. The van der Waals surface area contributed by atoms with Crippen LogP contribution in [0.5, 0.6) is 0 Å². The Morgan fingerprint density at radius 2 is 2.12 bits per heavy atom. The van der Waals surface area contributed by atoms with E-state index in [1.807, 2.05) is 24.1 Å². The molecule has 1 saturated heterocycles. The Morgan fingerprint density at radius 3 is 2.72 bits per heavy atom. The molecule has 0 aromatic carbocycles. The van der Waals surface area contributed by atoms with E-state index < -0.39 is 0 Å². The quantitative estimate of drug-likeness (QED) is 0.835. The molecule has 0 spiro atoms. The zero-order valence-electron chi connectivity index (χ0n) is 15.7. The molecule has 0 aliphatic carbocycles. The molecule has 1 atom stereocenters. The predicted molar refractivity (Wildman–Crippen MR) is 95.2 cm³/mol. The van der Waals surface area contributed by atoms with Gasteiger partial charge in [-0.3, -0.25) is 4.79 Å². The van der Waals surface area contributed by atoms with Gasteiger partial charge in [-0.15, -0.1) is 0 Å². The second-order valence-corrected chi connectivity index (χ2v) is 7.88. The van der Waals surface area contributed by atoms with Crippen LogP contribution >= 0.6 is 0 Å². The highest BCUT2D eigenvalue weighted by Crippen LogP contribution is 2.34. The van der Waals surface area contributed by atoms with E-state index in [1.54, 1.807) is 6.92 Å². The summed E-state index contributed by atoms with van der Waals surface area (Å²) in [5.41, 5.74) is 2.53. The third-order valence-corrected chi connectivity index (χ3v) is 4.64. The molecule has 3 heterocycles. The maximum atomic E-state index is 11.8. The van der Waals surface area contributed by atoms with Crippen LogP contribution in [0.1, 0.15) is 63.7 Å². The van der Waals surface area contributed by atoms with Gasteiger partial charge in [-0.25, -0.2) is 9.97 Å². The van der Waals surface area contributed by atoms with E-state index in [0.29, 0.717) is 12.3 Å². The zero-order valence-corrected chi connectivity index (χ0v) is 15.7. The third kappa shape index (κ3) is 3.72. The first kappa shape index (κ1) is 17.6. The molecule has 2 aromatic heterocycles. The molecule has 3 rings (SSSR count). The van der Waals surface area contributed by atoms with E-state index in [9.17, 15) is 4.79 Å². The SMILES string of the molecule is CC(=O)N1CCCC(c2nc(C(C)(C)C)ncc2-c2cc(C)no2)C1. The van der Waals surface area contributed by atoms with Crippen molar-refractivity contribution in [3.63, 3.8) is 0 Å². The van der Waals surface area contributed by atoms with Gasteiger partial charge in [0.05, 0.1) is 17.0 Å². The number of carbonyl (C=O) groups excluding carboxylic acids is 1. The van der Waals surface area contributed by atoms with Gasteiger partial charge in [-0.05, 0) is 19.8 Å². The molecule has 134 valence electrons. The first-order valence-corrected chi connectivity index (χ1v) is 8.82. The molecule has 0 bridgehead atoms. The smallest absolute Gasteiger partial charge is 0.219 e. The van der Waals surface area contributed by atoms with E-state index in [-0.39, 0.29) is 17.2 Å². The Kier molecular flexibility index (Phi) is 4.62. The van der Waals surface area contributed by atoms with Crippen LogP contribution < -0.4 is 0 Å². The standard InChI is InChI=1S/C19H26N4O2/c1-12-9-16(25-22-12)15-10-20-18(19(3,4)5)21-17(15)14-7-6-8-23(11-14)13(2)24/h9-10,14H,6-8,11H2,1-5H3. The lowest BCUT2D eigenvalue weighted by Gasteiger charge is -2.32. The number of amides is 1. The van der Waals surface area contributed by atoms with E-state index in [0.717, 1.165) is 42.2 Å². The predicted octanol–water partition coefficient (Wildman–Crippen LogP) is 3.46. The summed E-state index contributed by atoms with van der Waals surface area (Å²) in [6.45, 7) is 11.3. The maximum absolute atomic E-state index is 11.8. The van der Waals surface area contributed by atoms with Crippen LogP contribution in [0.15, 0.2) is 16.8 Å². The second kappa shape index (κ2) is 6.58. The summed E-state index contributed by atoms with van der Waals surface area (Å²) < 4.78 is 5.47. The minimum atomic E-state index is -0.139. The van der Waals surface area contributed by atoms with Crippen molar-refractivity contribution in [1.29, 1.82) is 0 Å². The monoisotopic (exact) mass is 342 g/mol. The lowest BCUT2D eigenvalue weighted by molar-refractivity contribution is -0.130. The summed E-state index contributed by atoms with van der Waals surface area (Å²) >= 11 is 0. The summed E-state index contributed by atoms with van der Waals surface area (Å²) in [7, 11) is 0. The minimum Gasteiger partial charge on any atom is -0.356 e. The van der Waals surface area contributed by atoms with Gasteiger partial charge in [0.15, 0.2) is 5.76 Å². The number of piperidine rings is 1. The highest BCUT2D eigenvalue weighted by Gasteiger charge is 2.29. The van der Waals surface area contributed by atoms with Crippen molar-refractivity contribution in [3.05, 3.63) is 29.5 Å². The molecule has 1 aliphatic rings. The molecule has 1 aliphatic heterocycles. The van der Waals surface area contributed by atoms with Gasteiger partial charge in [0.2, 0.25) is 5.91 Å². The number of nitrogens with zero attached hydrogens (tertiary/aromatic N) is 4. The molecular formula is C19H26N4O2. The van der Waals surface area contributed by atoms with Crippen LogP contribution in [0.2, 0.25) is 0 Å². The lowest BCUT2D eigenvalue weighted by atomic mass is 9.89. The first-order valence-electron chi connectivity index (χ1n) is 8.82. The summed E-state index contributed by atoms with van der Waals surface area (Å²) in [5, 5.41) is 4.00. The van der Waals surface area contributed by atoms with Gasteiger partial charge < -0.3 is 9.42 Å². The number of hydrogen-bond acceptors (Lipinski definition) is 5. The summed E-state index contributed by atoms with van der Waals surface area (Å²) in [6.07, 6.45) is 3.83. The number of hydrogen-bond donors (Lipinski definition) is 0. The fourth-order valence-corrected chi connectivity index (χ4v) is 3.23. The molecule has 1 amide bonds. The van der Waals surface area contributed by atoms with Crippen molar-refractivity contribution in [2.75, 3.05) is 13.1 Å². The Bertz CT molecular complexity index is 776. The van der Waals surface area contributed by atoms with Crippen LogP contribution in [-0.2, 0) is 10.2 Å². The molecule has 1 unspecified atom stereocenters. The van der Waals surface area contributed by atoms with E-state index in [2.05, 4.69) is 30.9 Å². The summed E-state index contributed by atoms with van der Waals surface area (Å²) in [4.78, 5) is 23.2. The normalized spacial score (nSPS) is 18.4. The van der Waals surface area contributed by atoms with Crippen molar-refractivity contribution < 1.29 is 9.32 Å². The van der Waals surface area contributed by atoms with Crippen molar-refractivity contribution in [2.24, 2.45) is 0 Å². The molecule has 0 radical (unpaired) electrons. The van der Waals surface area contributed by atoms with Crippen LogP contribution in [0.4, 0.5) is 0 Å². The molecule has 0 saturated carbocycles. The highest BCUT2D eigenvalue weighted by molar-refractivity contribution is 5.73. The Hall–Kier alpha value is -2.24. The largest absolute Gasteiger partial charge is 0.356 e. The fraction of sp³-hybridized carbons (Fsp3) is 0.579. The maximum Gasteiger partial charge on any atom is 0.219 e. The average Bonchev–Trinajstić information content (AvgIpc) is 3.00. The van der Waals surface area contributed by atoms with Crippen LogP contribution in [0, 0.1) is 6.92 Å². The van der Waals surface area contributed by atoms with E-state index in [4.69, 9.17) is 9.51 Å². The number of aryl methyl sites for hydroxylation is 1.